The number of amidine groups is 1. The van der Waals surface area contributed by atoms with Gasteiger partial charge in [0.25, 0.3) is 5.56 Å². The summed E-state index contributed by atoms with van der Waals surface area (Å²) in [7, 11) is 0. The van der Waals surface area contributed by atoms with Crippen molar-refractivity contribution >= 4 is 34.8 Å². The summed E-state index contributed by atoms with van der Waals surface area (Å²) in [6, 6.07) is 5.29. The molecule has 0 atom stereocenters. The molecule has 2 aromatic rings. The first-order valence-corrected chi connectivity index (χ1v) is 11.7. The number of benzene rings is 1. The Kier molecular flexibility index (Phi) is 6.83. The van der Waals surface area contributed by atoms with E-state index in [2.05, 4.69) is 30.9 Å². The highest BCUT2D eigenvalue weighted by Gasteiger charge is 2.26. The second kappa shape index (κ2) is 9.21. The van der Waals surface area contributed by atoms with E-state index in [-0.39, 0.29) is 22.6 Å². The maximum Gasteiger partial charge on any atom is 0.281 e. The molecular weight excluding hydrogens is 412 g/mol. The van der Waals surface area contributed by atoms with Crippen molar-refractivity contribution in [2.45, 2.75) is 51.5 Å². The van der Waals surface area contributed by atoms with Gasteiger partial charge in [0.1, 0.15) is 11.4 Å². The van der Waals surface area contributed by atoms with Crippen molar-refractivity contribution < 1.29 is 5.11 Å². The zero-order valence-electron chi connectivity index (χ0n) is 18.7. The molecule has 5 N–H and O–H groups in total. The van der Waals surface area contributed by atoms with E-state index in [9.17, 15) is 9.90 Å². The zero-order chi connectivity index (χ0) is 22.8. The Bertz CT molecular complexity index is 1040. The number of nitrogen functional groups attached to an aromatic ring is 1. The third-order valence-electron chi connectivity index (χ3n) is 5.29. The van der Waals surface area contributed by atoms with Crippen LogP contribution in [0.1, 0.15) is 45.6 Å². The van der Waals surface area contributed by atoms with Gasteiger partial charge in [-0.15, -0.1) is 16.9 Å². The number of aromatic hydroxyl groups is 1. The normalized spacial score (nSPS) is 15.0. The van der Waals surface area contributed by atoms with Gasteiger partial charge in [0.15, 0.2) is 11.6 Å². The molecular formula is C22H32N6O2S. The van der Waals surface area contributed by atoms with Crippen molar-refractivity contribution in [3.05, 3.63) is 34.1 Å². The van der Waals surface area contributed by atoms with Crippen molar-refractivity contribution in [3.63, 3.8) is 0 Å². The summed E-state index contributed by atoms with van der Waals surface area (Å²) in [6.07, 6.45) is 4.71. The third-order valence-corrected chi connectivity index (χ3v) is 6.06. The Morgan fingerprint density at radius 1 is 1.29 bits per heavy atom. The number of nitrogens with zero attached hydrogens (tertiary/aromatic N) is 4. The van der Waals surface area contributed by atoms with Gasteiger partial charge in [-0.3, -0.25) is 4.79 Å². The summed E-state index contributed by atoms with van der Waals surface area (Å²) >= 11 is 1.48. The molecule has 3 rings (SSSR count). The molecule has 0 unspecified atom stereocenters. The number of aliphatic imine (C=N–C) groups is 1. The van der Waals surface area contributed by atoms with E-state index in [4.69, 9.17) is 11.5 Å². The van der Waals surface area contributed by atoms with Gasteiger partial charge in [-0.05, 0) is 49.1 Å². The summed E-state index contributed by atoms with van der Waals surface area (Å²) in [5.41, 5.74) is 13.0. The van der Waals surface area contributed by atoms with Crippen LogP contribution in [0.2, 0.25) is 0 Å². The molecule has 0 radical (unpaired) electrons. The smallest absolute Gasteiger partial charge is 0.281 e. The molecule has 1 saturated heterocycles. The highest BCUT2D eigenvalue weighted by molar-refractivity contribution is 7.98. The summed E-state index contributed by atoms with van der Waals surface area (Å²) in [5.74, 6) is 0.151. The van der Waals surface area contributed by atoms with Crippen molar-refractivity contribution in [3.8, 4) is 5.75 Å². The van der Waals surface area contributed by atoms with Gasteiger partial charge in [0.05, 0.1) is 5.69 Å². The molecule has 31 heavy (non-hydrogen) atoms. The number of aromatic nitrogens is 2. The largest absolute Gasteiger partial charge is 0.504 e. The first-order chi connectivity index (χ1) is 14.6. The molecule has 1 fully saturated rings. The molecule has 0 saturated carbocycles. The molecule has 0 bridgehead atoms. The molecule has 9 heteroatoms. The molecule has 0 amide bonds. The summed E-state index contributed by atoms with van der Waals surface area (Å²) in [6.45, 7) is 8.33. The summed E-state index contributed by atoms with van der Waals surface area (Å²) in [5, 5.41) is 15.5. The summed E-state index contributed by atoms with van der Waals surface area (Å²) in [4.78, 5) is 20.6. The van der Waals surface area contributed by atoms with Gasteiger partial charge in [0, 0.05) is 30.2 Å². The van der Waals surface area contributed by atoms with Gasteiger partial charge in [-0.25, -0.2) is 9.67 Å². The topological polar surface area (TPSA) is 123 Å². The monoisotopic (exact) mass is 444 g/mol. The zero-order valence-corrected chi connectivity index (χ0v) is 19.5. The average Bonchev–Trinajstić information content (AvgIpc) is 3.22. The fourth-order valence-corrected chi connectivity index (χ4v) is 4.06. The van der Waals surface area contributed by atoms with Crippen LogP contribution in [0.5, 0.6) is 5.75 Å². The lowest BCUT2D eigenvalue weighted by Crippen LogP contribution is -2.35. The van der Waals surface area contributed by atoms with E-state index in [1.165, 1.54) is 16.4 Å². The van der Waals surface area contributed by atoms with Gasteiger partial charge in [-0.1, -0.05) is 20.8 Å². The molecule has 0 aliphatic carbocycles. The van der Waals surface area contributed by atoms with Crippen molar-refractivity contribution in [1.82, 2.24) is 9.78 Å². The van der Waals surface area contributed by atoms with Gasteiger partial charge in [-0.2, -0.15) is 0 Å². The van der Waals surface area contributed by atoms with Crippen LogP contribution in [0.4, 0.5) is 17.2 Å². The van der Waals surface area contributed by atoms with Crippen molar-refractivity contribution in [2.75, 3.05) is 30.0 Å². The molecule has 168 valence electrons. The lowest BCUT2D eigenvalue weighted by atomic mass is 9.92. The average molecular weight is 445 g/mol. The molecule has 2 heterocycles. The molecule has 1 aliphatic heterocycles. The lowest BCUT2D eigenvalue weighted by molar-refractivity contribution is 0.334. The highest BCUT2D eigenvalue weighted by atomic mass is 32.2. The number of anilines is 2. The Balaban J connectivity index is 2.13. The van der Waals surface area contributed by atoms with Crippen molar-refractivity contribution in [2.24, 2.45) is 16.1 Å². The minimum Gasteiger partial charge on any atom is -0.504 e. The van der Waals surface area contributed by atoms with E-state index in [0.29, 0.717) is 23.7 Å². The third kappa shape index (κ3) is 5.33. The maximum absolute atomic E-state index is 13.2. The molecule has 0 spiro atoms. The van der Waals surface area contributed by atoms with E-state index >= 15 is 0 Å². The predicted octanol–water partition coefficient (Wildman–Crippen LogP) is 3.33. The number of hydrogen-bond acceptors (Lipinski definition) is 7. The van der Waals surface area contributed by atoms with Crippen LogP contribution in [0.15, 0.2) is 32.9 Å². The number of aryl methyl sites for hydroxylation is 1. The van der Waals surface area contributed by atoms with Gasteiger partial charge < -0.3 is 21.5 Å². The minimum atomic E-state index is -0.438. The SMILES string of the molecule is CSc1cc(N)ccc1N=C(N)c1c(O)c(N2CCCC2)nn(CCC(C)(C)C)c1=O. The minimum absolute atomic E-state index is 0.00492. The molecule has 8 nitrogen and oxygen atoms in total. The van der Waals surface area contributed by atoms with Crippen LogP contribution in [-0.4, -0.2) is 40.1 Å². The Hall–Kier alpha value is -2.68. The van der Waals surface area contributed by atoms with Gasteiger partial charge in [0.2, 0.25) is 0 Å². The quantitative estimate of drug-likeness (QED) is 0.270. The second-order valence-corrected chi connectivity index (χ2v) is 9.86. The number of nitrogens with two attached hydrogens (primary N) is 2. The van der Waals surface area contributed by atoms with E-state index < -0.39 is 5.56 Å². The van der Waals surface area contributed by atoms with Crippen LogP contribution in [0.3, 0.4) is 0 Å². The Morgan fingerprint density at radius 3 is 2.58 bits per heavy atom. The van der Waals surface area contributed by atoms with Crippen LogP contribution in [-0.2, 0) is 6.54 Å². The highest BCUT2D eigenvalue weighted by Crippen LogP contribution is 2.32. The second-order valence-electron chi connectivity index (χ2n) is 9.01. The fourth-order valence-electron chi connectivity index (χ4n) is 3.49. The van der Waals surface area contributed by atoms with Crippen LogP contribution in [0, 0.1) is 5.41 Å². The van der Waals surface area contributed by atoms with Crippen LogP contribution in [0.25, 0.3) is 0 Å². The van der Waals surface area contributed by atoms with Crippen LogP contribution < -0.4 is 21.9 Å². The van der Waals surface area contributed by atoms with E-state index in [0.717, 1.165) is 37.2 Å². The van der Waals surface area contributed by atoms with Crippen LogP contribution >= 0.6 is 11.8 Å². The number of thioether (sulfide) groups is 1. The first kappa shape index (κ1) is 23.0. The molecule has 1 aromatic heterocycles. The summed E-state index contributed by atoms with van der Waals surface area (Å²) < 4.78 is 1.41. The number of hydrogen-bond donors (Lipinski definition) is 3. The van der Waals surface area contributed by atoms with E-state index in [1.807, 2.05) is 11.2 Å². The van der Waals surface area contributed by atoms with Gasteiger partial charge >= 0.3 is 0 Å². The Labute approximate surface area is 187 Å². The molecule has 1 aromatic carbocycles. The first-order valence-electron chi connectivity index (χ1n) is 10.5. The predicted molar refractivity (Wildman–Crippen MR) is 129 cm³/mol. The Morgan fingerprint density at radius 2 is 1.97 bits per heavy atom. The van der Waals surface area contributed by atoms with Crippen molar-refractivity contribution in [1.29, 1.82) is 0 Å². The maximum atomic E-state index is 13.2. The lowest BCUT2D eigenvalue weighted by Gasteiger charge is -2.22. The standard InChI is InChI=1S/C22H32N6O2S/c1-22(2,3)9-12-28-21(30)17(18(29)20(26-28)27-10-5-6-11-27)19(24)25-15-8-7-14(23)13-16(15)31-4/h7-8,13,29H,5-6,9-12,23H2,1-4H3,(H2,24,25). The number of rotatable bonds is 6. The molecule has 1 aliphatic rings. The van der Waals surface area contributed by atoms with E-state index in [1.54, 1.807) is 18.2 Å². The fraction of sp³-hybridized carbons (Fsp3) is 0.500.